The number of benzene rings is 1. The highest BCUT2D eigenvalue weighted by Crippen LogP contribution is 2.33. The number of hydrogen-bond donors (Lipinski definition) is 1. The van der Waals surface area contributed by atoms with Gasteiger partial charge in [-0.25, -0.2) is 4.39 Å². The molecule has 1 aliphatic rings. The van der Waals surface area contributed by atoms with Crippen LogP contribution in [0.2, 0.25) is 0 Å². The van der Waals surface area contributed by atoms with Gasteiger partial charge in [0.1, 0.15) is 5.82 Å². The average Bonchev–Trinajstić information content (AvgIpc) is 2.24. The zero-order chi connectivity index (χ0) is 11.6. The molecule has 0 aromatic heterocycles. The molecule has 0 bridgehead atoms. The summed E-state index contributed by atoms with van der Waals surface area (Å²) in [4.78, 5) is 11.8. The van der Waals surface area contributed by atoms with E-state index in [9.17, 15) is 9.18 Å². The van der Waals surface area contributed by atoms with Crippen molar-refractivity contribution in [1.82, 2.24) is 5.32 Å². The third kappa shape index (κ3) is 2.19. The van der Waals surface area contributed by atoms with E-state index in [0.717, 1.165) is 19.3 Å². The molecule has 2 nitrogen and oxygen atoms in total. The van der Waals surface area contributed by atoms with E-state index in [4.69, 9.17) is 11.6 Å². The summed E-state index contributed by atoms with van der Waals surface area (Å²) in [6.07, 6.45) is 2.93. The Morgan fingerprint density at radius 1 is 1.38 bits per heavy atom. The summed E-state index contributed by atoms with van der Waals surface area (Å²) < 4.78 is 12.7. The van der Waals surface area contributed by atoms with Gasteiger partial charge in [-0.05, 0) is 43.5 Å². The lowest BCUT2D eigenvalue weighted by atomic mass is 9.78. The Morgan fingerprint density at radius 3 is 2.44 bits per heavy atom. The van der Waals surface area contributed by atoms with Crippen LogP contribution in [0.25, 0.3) is 0 Å². The molecule has 1 amide bonds. The van der Waals surface area contributed by atoms with E-state index in [1.807, 2.05) is 0 Å². The number of alkyl halides is 1. The number of carbonyl (C=O) groups excluding carboxylic acids is 1. The van der Waals surface area contributed by atoms with Gasteiger partial charge in [0, 0.05) is 11.4 Å². The largest absolute Gasteiger partial charge is 0.345 e. The van der Waals surface area contributed by atoms with Crippen molar-refractivity contribution in [2.24, 2.45) is 0 Å². The van der Waals surface area contributed by atoms with Gasteiger partial charge >= 0.3 is 0 Å². The Morgan fingerprint density at radius 2 is 2.00 bits per heavy atom. The SMILES string of the molecule is O=C(NC1(CCl)CCC1)c1ccc(F)cc1. The van der Waals surface area contributed by atoms with E-state index in [0.29, 0.717) is 11.4 Å². The van der Waals surface area contributed by atoms with Gasteiger partial charge in [-0.1, -0.05) is 0 Å². The van der Waals surface area contributed by atoms with E-state index in [-0.39, 0.29) is 17.3 Å². The Labute approximate surface area is 98.8 Å². The summed E-state index contributed by atoms with van der Waals surface area (Å²) in [7, 11) is 0. The first kappa shape index (κ1) is 11.4. The number of amides is 1. The zero-order valence-corrected chi connectivity index (χ0v) is 9.56. The Kier molecular flexibility index (Phi) is 3.15. The molecule has 1 saturated carbocycles. The van der Waals surface area contributed by atoms with Crippen LogP contribution < -0.4 is 5.32 Å². The summed E-state index contributed by atoms with van der Waals surface area (Å²) in [6, 6.07) is 5.52. The lowest BCUT2D eigenvalue weighted by molar-refractivity contribution is 0.0854. The van der Waals surface area contributed by atoms with Crippen LogP contribution in [0, 0.1) is 5.82 Å². The summed E-state index contributed by atoms with van der Waals surface area (Å²) in [5.41, 5.74) is 0.227. The minimum atomic E-state index is -0.341. The highest BCUT2D eigenvalue weighted by atomic mass is 35.5. The van der Waals surface area contributed by atoms with Gasteiger partial charge in [0.2, 0.25) is 0 Å². The molecule has 1 aliphatic carbocycles. The van der Waals surface area contributed by atoms with Crippen molar-refractivity contribution in [2.75, 3.05) is 5.88 Å². The first-order valence-electron chi connectivity index (χ1n) is 5.29. The van der Waals surface area contributed by atoms with Gasteiger partial charge in [-0.15, -0.1) is 11.6 Å². The minimum absolute atomic E-state index is 0.180. The van der Waals surface area contributed by atoms with Crippen LogP contribution in [-0.2, 0) is 0 Å². The molecule has 4 heteroatoms. The smallest absolute Gasteiger partial charge is 0.251 e. The molecule has 1 aromatic carbocycles. The molecule has 86 valence electrons. The molecule has 0 heterocycles. The van der Waals surface area contributed by atoms with Crippen molar-refractivity contribution in [3.8, 4) is 0 Å². The summed E-state index contributed by atoms with van der Waals surface area (Å²) >= 11 is 5.84. The Bertz CT molecular complexity index is 381. The molecule has 0 atom stereocenters. The Balaban J connectivity index is 2.05. The molecule has 1 N–H and O–H groups in total. The molecule has 1 fully saturated rings. The van der Waals surface area contributed by atoms with Crippen molar-refractivity contribution in [3.05, 3.63) is 35.6 Å². The van der Waals surface area contributed by atoms with Crippen LogP contribution in [0.1, 0.15) is 29.6 Å². The van der Waals surface area contributed by atoms with Gasteiger partial charge in [0.15, 0.2) is 0 Å². The quantitative estimate of drug-likeness (QED) is 0.810. The average molecular weight is 242 g/mol. The van der Waals surface area contributed by atoms with Crippen molar-refractivity contribution >= 4 is 17.5 Å². The second kappa shape index (κ2) is 4.42. The van der Waals surface area contributed by atoms with Crippen molar-refractivity contribution in [3.63, 3.8) is 0 Å². The van der Waals surface area contributed by atoms with Gasteiger partial charge in [-0.3, -0.25) is 4.79 Å². The molecular formula is C12H13ClFNO. The van der Waals surface area contributed by atoms with Crippen LogP contribution in [0.3, 0.4) is 0 Å². The second-order valence-corrected chi connectivity index (χ2v) is 4.50. The fourth-order valence-electron chi connectivity index (χ4n) is 1.81. The van der Waals surface area contributed by atoms with Crippen molar-refractivity contribution in [2.45, 2.75) is 24.8 Å². The molecule has 0 unspecified atom stereocenters. The predicted octanol–water partition coefficient (Wildman–Crippen LogP) is 2.72. The summed E-state index contributed by atoms with van der Waals surface area (Å²) in [5.74, 6) is -0.0902. The standard InChI is InChI=1S/C12H13ClFNO/c13-8-12(6-1-7-12)15-11(16)9-2-4-10(14)5-3-9/h2-5H,1,6-8H2,(H,15,16). The molecular weight excluding hydrogens is 229 g/mol. The van der Waals surface area contributed by atoms with E-state index in [1.54, 1.807) is 0 Å². The first-order valence-corrected chi connectivity index (χ1v) is 5.83. The molecule has 2 rings (SSSR count). The summed E-state index contributed by atoms with van der Waals surface area (Å²) in [6.45, 7) is 0. The monoisotopic (exact) mass is 241 g/mol. The van der Waals surface area contributed by atoms with Crippen LogP contribution in [0.4, 0.5) is 4.39 Å². The maximum Gasteiger partial charge on any atom is 0.251 e. The van der Waals surface area contributed by atoms with Crippen molar-refractivity contribution < 1.29 is 9.18 Å². The van der Waals surface area contributed by atoms with E-state index in [1.165, 1.54) is 24.3 Å². The zero-order valence-electron chi connectivity index (χ0n) is 8.80. The molecule has 0 saturated heterocycles. The maximum atomic E-state index is 12.7. The fourth-order valence-corrected chi connectivity index (χ4v) is 2.14. The maximum absolute atomic E-state index is 12.7. The summed E-state index contributed by atoms with van der Waals surface area (Å²) in [5, 5.41) is 2.92. The minimum Gasteiger partial charge on any atom is -0.345 e. The van der Waals surface area contributed by atoms with Crippen LogP contribution in [-0.4, -0.2) is 17.3 Å². The normalized spacial score (nSPS) is 17.6. The molecule has 0 aliphatic heterocycles. The fraction of sp³-hybridized carbons (Fsp3) is 0.417. The number of carbonyl (C=O) groups is 1. The predicted molar refractivity (Wildman–Crippen MR) is 61.2 cm³/mol. The lowest BCUT2D eigenvalue weighted by Crippen LogP contribution is -2.55. The van der Waals surface area contributed by atoms with E-state index < -0.39 is 0 Å². The number of rotatable bonds is 3. The van der Waals surface area contributed by atoms with Gasteiger partial charge in [0.25, 0.3) is 5.91 Å². The molecule has 0 radical (unpaired) electrons. The second-order valence-electron chi connectivity index (χ2n) is 4.23. The third-order valence-corrected chi connectivity index (χ3v) is 3.56. The van der Waals surface area contributed by atoms with Crippen LogP contribution in [0.15, 0.2) is 24.3 Å². The van der Waals surface area contributed by atoms with Gasteiger partial charge in [0.05, 0.1) is 5.54 Å². The topological polar surface area (TPSA) is 29.1 Å². The molecule has 1 aromatic rings. The third-order valence-electron chi connectivity index (χ3n) is 3.05. The lowest BCUT2D eigenvalue weighted by Gasteiger charge is -2.41. The molecule has 16 heavy (non-hydrogen) atoms. The van der Waals surface area contributed by atoms with Gasteiger partial charge in [-0.2, -0.15) is 0 Å². The number of hydrogen-bond acceptors (Lipinski definition) is 1. The van der Waals surface area contributed by atoms with E-state index >= 15 is 0 Å². The highest BCUT2D eigenvalue weighted by molar-refractivity contribution is 6.19. The van der Waals surface area contributed by atoms with Crippen LogP contribution in [0.5, 0.6) is 0 Å². The molecule has 0 spiro atoms. The van der Waals surface area contributed by atoms with Crippen molar-refractivity contribution in [1.29, 1.82) is 0 Å². The first-order chi connectivity index (χ1) is 7.65. The van der Waals surface area contributed by atoms with E-state index in [2.05, 4.69) is 5.32 Å². The highest BCUT2D eigenvalue weighted by Gasteiger charge is 2.37. The number of nitrogens with one attached hydrogen (secondary N) is 1. The van der Waals surface area contributed by atoms with Crippen LogP contribution >= 0.6 is 11.6 Å². The van der Waals surface area contributed by atoms with Gasteiger partial charge < -0.3 is 5.32 Å². The number of halogens is 2. The Hall–Kier alpha value is -1.09.